The van der Waals surface area contributed by atoms with Gasteiger partial charge in [-0.3, -0.25) is 9.59 Å². The van der Waals surface area contributed by atoms with Crippen molar-refractivity contribution in [1.29, 1.82) is 0 Å². The Morgan fingerprint density at radius 3 is 2.37 bits per heavy atom. The number of amides is 1. The molecule has 30 heavy (non-hydrogen) atoms. The second kappa shape index (κ2) is 13.9. The Morgan fingerprint density at radius 2 is 1.77 bits per heavy atom. The minimum atomic E-state index is -1.07. The number of carbonyl (C=O) groups excluding carboxylic acids is 3. The average molecular weight is 419 g/mol. The number of nitrogens with one attached hydrogen (secondary N) is 1. The molecule has 1 atom stereocenters. The Kier molecular flexibility index (Phi) is 11.5. The van der Waals surface area contributed by atoms with Gasteiger partial charge in [-0.15, -0.1) is 0 Å². The largest absolute Gasteiger partial charge is 0.478 e. The van der Waals surface area contributed by atoms with Crippen molar-refractivity contribution < 1.29 is 33.8 Å². The molecule has 0 radical (unpaired) electrons. The van der Waals surface area contributed by atoms with E-state index < -0.39 is 29.9 Å². The van der Waals surface area contributed by atoms with E-state index >= 15 is 0 Å². The van der Waals surface area contributed by atoms with E-state index in [-0.39, 0.29) is 18.7 Å². The number of carboxylic acid groups (broad SMARTS) is 1. The highest BCUT2D eigenvalue weighted by molar-refractivity contribution is 5.93. The summed E-state index contributed by atoms with van der Waals surface area (Å²) in [6, 6.07) is 6.14. The van der Waals surface area contributed by atoms with E-state index in [1.807, 2.05) is 0 Å². The Labute approximate surface area is 176 Å². The maximum atomic E-state index is 12.5. The molecular weight excluding hydrogens is 390 g/mol. The number of carbonyl (C=O) groups is 4. The van der Waals surface area contributed by atoms with E-state index in [4.69, 9.17) is 14.6 Å². The molecule has 0 saturated carbocycles. The minimum absolute atomic E-state index is 0.210. The summed E-state index contributed by atoms with van der Waals surface area (Å²) in [5.74, 6) is -2.85. The van der Waals surface area contributed by atoms with Gasteiger partial charge in [0.15, 0.2) is 6.10 Å². The summed E-state index contributed by atoms with van der Waals surface area (Å²) in [6.45, 7) is 3.65. The number of aliphatic carboxylic acids is 1. The lowest BCUT2D eigenvalue weighted by Crippen LogP contribution is -2.40. The number of carboxylic acids is 1. The average Bonchev–Trinajstić information content (AvgIpc) is 2.73. The van der Waals surface area contributed by atoms with Crippen LogP contribution in [0.1, 0.15) is 61.9 Å². The molecule has 0 aliphatic rings. The number of esters is 2. The lowest BCUT2D eigenvalue weighted by Gasteiger charge is -2.17. The van der Waals surface area contributed by atoms with Gasteiger partial charge in [0.05, 0.1) is 12.2 Å². The highest BCUT2D eigenvalue weighted by atomic mass is 16.5. The quantitative estimate of drug-likeness (QED) is 0.287. The fraction of sp³-hybridized carbons (Fsp3) is 0.455. The maximum absolute atomic E-state index is 12.5. The Morgan fingerprint density at radius 1 is 1.07 bits per heavy atom. The molecular formula is C22H29NO7. The van der Waals surface area contributed by atoms with Gasteiger partial charge in [-0.2, -0.15) is 0 Å². The summed E-state index contributed by atoms with van der Waals surface area (Å²) >= 11 is 0. The van der Waals surface area contributed by atoms with Crippen LogP contribution in [-0.2, 0) is 23.9 Å². The van der Waals surface area contributed by atoms with Gasteiger partial charge in [0, 0.05) is 6.08 Å². The first-order valence-electron chi connectivity index (χ1n) is 10.0. The van der Waals surface area contributed by atoms with Crippen molar-refractivity contribution in [1.82, 2.24) is 5.32 Å². The van der Waals surface area contributed by atoms with Crippen LogP contribution < -0.4 is 5.32 Å². The standard InChI is InChI=1S/C22H29NO7/c1-3-5-6-7-8-18(21(27)23-15-20(26)29-4-2)30-22(28)17-12-9-16(10-13-17)11-14-19(24)25/h9-14,18H,3-8,15H2,1-2H3,(H,23,27)(H,24,25). The minimum Gasteiger partial charge on any atom is -0.478 e. The van der Waals surface area contributed by atoms with Gasteiger partial charge < -0.3 is 19.9 Å². The zero-order valence-corrected chi connectivity index (χ0v) is 17.4. The predicted molar refractivity (Wildman–Crippen MR) is 111 cm³/mol. The van der Waals surface area contributed by atoms with Crippen LogP contribution in [0, 0.1) is 0 Å². The SMILES string of the molecule is CCCCCCC(OC(=O)c1ccc(C=CC(=O)O)cc1)C(=O)NCC(=O)OCC. The van der Waals surface area contributed by atoms with Crippen LogP contribution in [-0.4, -0.2) is 48.2 Å². The number of hydrogen-bond donors (Lipinski definition) is 2. The third kappa shape index (κ3) is 9.86. The van der Waals surface area contributed by atoms with E-state index in [1.54, 1.807) is 19.1 Å². The fourth-order valence-corrected chi connectivity index (χ4v) is 2.58. The molecule has 1 amide bonds. The fourth-order valence-electron chi connectivity index (χ4n) is 2.58. The molecule has 164 valence electrons. The molecule has 1 aromatic carbocycles. The van der Waals surface area contributed by atoms with Crippen LogP contribution in [0.15, 0.2) is 30.3 Å². The molecule has 0 aromatic heterocycles. The molecule has 0 saturated heterocycles. The van der Waals surface area contributed by atoms with Crippen LogP contribution in [0.5, 0.6) is 0 Å². The summed E-state index contributed by atoms with van der Waals surface area (Å²) in [4.78, 5) is 46.9. The topological polar surface area (TPSA) is 119 Å². The Balaban J connectivity index is 2.75. The van der Waals surface area contributed by atoms with Crippen molar-refractivity contribution >= 4 is 29.9 Å². The van der Waals surface area contributed by atoms with Gasteiger partial charge >= 0.3 is 17.9 Å². The lowest BCUT2D eigenvalue weighted by molar-refractivity contribution is -0.144. The summed E-state index contributed by atoms with van der Waals surface area (Å²) in [5.41, 5.74) is 0.844. The van der Waals surface area contributed by atoms with Crippen LogP contribution in [0.25, 0.3) is 6.08 Å². The van der Waals surface area contributed by atoms with Crippen molar-refractivity contribution in [3.8, 4) is 0 Å². The van der Waals surface area contributed by atoms with Crippen molar-refractivity contribution in [3.05, 3.63) is 41.5 Å². The first kappa shape index (κ1) is 24.9. The number of benzene rings is 1. The molecule has 0 fully saturated rings. The third-order valence-electron chi connectivity index (χ3n) is 4.14. The van der Waals surface area contributed by atoms with Crippen molar-refractivity contribution in [2.24, 2.45) is 0 Å². The first-order valence-corrected chi connectivity index (χ1v) is 10.0. The van der Waals surface area contributed by atoms with Crippen molar-refractivity contribution in [2.75, 3.05) is 13.2 Å². The molecule has 0 heterocycles. The summed E-state index contributed by atoms with van der Waals surface area (Å²) in [6.07, 6.45) is 5.37. The molecule has 0 aliphatic heterocycles. The number of hydrogen-bond acceptors (Lipinski definition) is 6. The van der Waals surface area contributed by atoms with Crippen LogP contribution >= 0.6 is 0 Å². The van der Waals surface area contributed by atoms with Gasteiger partial charge in [-0.25, -0.2) is 9.59 Å². The van der Waals surface area contributed by atoms with E-state index in [2.05, 4.69) is 12.2 Å². The Bertz CT molecular complexity index is 740. The van der Waals surface area contributed by atoms with Crippen LogP contribution in [0.2, 0.25) is 0 Å². The molecule has 0 aliphatic carbocycles. The molecule has 1 rings (SSSR count). The molecule has 1 aromatic rings. The number of unbranched alkanes of at least 4 members (excludes halogenated alkanes) is 3. The summed E-state index contributed by atoms with van der Waals surface area (Å²) < 4.78 is 10.2. The molecule has 2 N–H and O–H groups in total. The lowest BCUT2D eigenvalue weighted by atomic mass is 10.1. The molecule has 1 unspecified atom stereocenters. The maximum Gasteiger partial charge on any atom is 0.338 e. The van der Waals surface area contributed by atoms with Gasteiger partial charge in [0.25, 0.3) is 5.91 Å². The molecule has 8 heteroatoms. The van der Waals surface area contributed by atoms with E-state index in [0.717, 1.165) is 25.3 Å². The molecule has 8 nitrogen and oxygen atoms in total. The zero-order valence-electron chi connectivity index (χ0n) is 17.4. The van der Waals surface area contributed by atoms with Crippen LogP contribution in [0.3, 0.4) is 0 Å². The second-order valence-electron chi connectivity index (χ2n) is 6.56. The van der Waals surface area contributed by atoms with E-state index in [9.17, 15) is 19.2 Å². The summed E-state index contributed by atoms with van der Waals surface area (Å²) in [7, 11) is 0. The van der Waals surface area contributed by atoms with Gasteiger partial charge in [-0.05, 0) is 43.5 Å². The Hall–Kier alpha value is -3.16. The highest BCUT2D eigenvalue weighted by Gasteiger charge is 2.24. The number of ether oxygens (including phenoxy) is 2. The first-order chi connectivity index (χ1) is 14.4. The van der Waals surface area contributed by atoms with Crippen LogP contribution in [0.4, 0.5) is 0 Å². The second-order valence-corrected chi connectivity index (χ2v) is 6.56. The third-order valence-corrected chi connectivity index (χ3v) is 4.14. The van der Waals surface area contributed by atoms with Crippen molar-refractivity contribution in [3.63, 3.8) is 0 Å². The highest BCUT2D eigenvalue weighted by Crippen LogP contribution is 2.13. The van der Waals surface area contributed by atoms with Gasteiger partial charge in [0.1, 0.15) is 6.54 Å². The predicted octanol–water partition coefficient (Wildman–Crippen LogP) is 2.96. The zero-order chi connectivity index (χ0) is 22.4. The molecule has 0 bridgehead atoms. The molecule has 0 spiro atoms. The smallest absolute Gasteiger partial charge is 0.338 e. The van der Waals surface area contributed by atoms with E-state index in [1.165, 1.54) is 18.2 Å². The van der Waals surface area contributed by atoms with Crippen molar-refractivity contribution in [2.45, 2.75) is 52.1 Å². The van der Waals surface area contributed by atoms with Gasteiger partial charge in [0.2, 0.25) is 0 Å². The van der Waals surface area contributed by atoms with E-state index in [0.29, 0.717) is 18.4 Å². The van der Waals surface area contributed by atoms with Gasteiger partial charge in [-0.1, -0.05) is 38.3 Å². The normalized spacial score (nSPS) is 11.7. The monoisotopic (exact) mass is 419 g/mol. The summed E-state index contributed by atoms with van der Waals surface area (Å²) in [5, 5.41) is 11.1. The number of rotatable bonds is 13.